The Hall–Kier alpha value is -0.760. The molecule has 0 bridgehead atoms. The van der Waals surface area contributed by atoms with Gasteiger partial charge >= 0.3 is 0 Å². The van der Waals surface area contributed by atoms with Crippen LogP contribution in [0.3, 0.4) is 0 Å². The third-order valence-corrected chi connectivity index (χ3v) is 3.15. The van der Waals surface area contributed by atoms with Crippen LogP contribution in [0.5, 0.6) is 5.75 Å². The Morgan fingerprint density at radius 3 is 2.18 bits per heavy atom. The van der Waals surface area contributed by atoms with Gasteiger partial charge in [-0.3, -0.25) is 0 Å². The fourth-order valence-electron chi connectivity index (χ4n) is 1.49. The highest BCUT2D eigenvalue weighted by Crippen LogP contribution is 2.19. The molecule has 0 radical (unpaired) electrons. The number of hydrogen-bond donors (Lipinski definition) is 0. The van der Waals surface area contributed by atoms with E-state index < -0.39 is 0 Å². The fraction of sp³-hybridized carbons (Fsp3) is 0.467. The molecule has 1 rings (SSSR count). The number of halogens is 1. The van der Waals surface area contributed by atoms with Gasteiger partial charge in [-0.25, -0.2) is 0 Å². The number of alkyl halides is 1. The van der Waals surface area contributed by atoms with Gasteiger partial charge in [0, 0.05) is 5.33 Å². The zero-order valence-corrected chi connectivity index (χ0v) is 12.6. The summed E-state index contributed by atoms with van der Waals surface area (Å²) in [6.07, 6.45) is 2.46. The first kappa shape index (κ1) is 14.3. The van der Waals surface area contributed by atoms with E-state index in [1.54, 1.807) is 0 Å². The molecule has 0 atom stereocenters. The second-order valence-electron chi connectivity index (χ2n) is 4.74. The van der Waals surface area contributed by atoms with E-state index in [0.29, 0.717) is 5.92 Å². The summed E-state index contributed by atoms with van der Waals surface area (Å²) in [6, 6.07) is 8.25. The van der Waals surface area contributed by atoms with Crippen LogP contribution >= 0.6 is 15.9 Å². The summed E-state index contributed by atoms with van der Waals surface area (Å²) < 4.78 is 5.62. The molecular weight excluding hydrogens is 276 g/mol. The van der Waals surface area contributed by atoms with E-state index in [9.17, 15) is 0 Å². The predicted octanol–water partition coefficient (Wildman–Crippen LogP) is 4.91. The molecule has 1 aromatic carbocycles. The Morgan fingerprint density at radius 2 is 1.76 bits per heavy atom. The Bertz CT molecular complexity index is 363. The van der Waals surface area contributed by atoms with Crippen LogP contribution in [0.15, 0.2) is 29.8 Å². The quantitative estimate of drug-likeness (QED) is 0.702. The van der Waals surface area contributed by atoms with Crippen molar-refractivity contribution in [3.63, 3.8) is 0 Å². The minimum Gasteiger partial charge on any atom is -0.491 e. The molecule has 0 amide bonds. The first-order chi connectivity index (χ1) is 8.02. The highest BCUT2D eigenvalue weighted by atomic mass is 79.9. The number of ether oxygens (including phenoxy) is 1. The molecule has 1 aromatic rings. The van der Waals surface area contributed by atoms with Gasteiger partial charge in [-0.15, -0.1) is 0 Å². The molecule has 0 spiro atoms. The maximum Gasteiger partial charge on any atom is 0.119 e. The van der Waals surface area contributed by atoms with Crippen LogP contribution in [0, 0.1) is 5.92 Å². The highest BCUT2D eigenvalue weighted by molar-refractivity contribution is 9.09. The first-order valence-electron chi connectivity index (χ1n) is 6.06. The molecule has 0 N–H and O–H groups in total. The maximum absolute atomic E-state index is 5.62. The van der Waals surface area contributed by atoms with Crippen molar-refractivity contribution < 1.29 is 4.74 Å². The van der Waals surface area contributed by atoms with Crippen LogP contribution in [0.1, 0.15) is 33.3 Å². The SMILES string of the molecule is CC(C)Oc1ccc(C=C(CBr)C(C)C)cc1. The fourth-order valence-corrected chi connectivity index (χ4v) is 2.30. The van der Waals surface area contributed by atoms with E-state index in [0.717, 1.165) is 11.1 Å². The van der Waals surface area contributed by atoms with Crippen molar-refractivity contribution in [1.29, 1.82) is 0 Å². The molecule has 0 aliphatic rings. The van der Waals surface area contributed by atoms with Gasteiger partial charge in [0.2, 0.25) is 0 Å². The van der Waals surface area contributed by atoms with E-state index in [4.69, 9.17) is 4.74 Å². The van der Waals surface area contributed by atoms with Crippen molar-refractivity contribution in [2.24, 2.45) is 5.92 Å². The summed E-state index contributed by atoms with van der Waals surface area (Å²) in [5.74, 6) is 1.50. The standard InChI is InChI=1S/C15H21BrO/c1-11(2)14(10-16)9-13-5-7-15(8-6-13)17-12(3)4/h5-9,11-12H,10H2,1-4H3. The normalized spacial score (nSPS) is 12.3. The molecular formula is C15H21BrO. The third-order valence-electron chi connectivity index (χ3n) is 2.50. The first-order valence-corrected chi connectivity index (χ1v) is 7.18. The molecule has 0 saturated heterocycles. The number of hydrogen-bond acceptors (Lipinski definition) is 1. The maximum atomic E-state index is 5.62. The summed E-state index contributed by atoms with van der Waals surface area (Å²) in [6.45, 7) is 8.50. The van der Waals surface area contributed by atoms with Gasteiger partial charge in [0.15, 0.2) is 0 Å². The molecule has 0 fully saturated rings. The minimum absolute atomic E-state index is 0.227. The monoisotopic (exact) mass is 296 g/mol. The average molecular weight is 297 g/mol. The van der Waals surface area contributed by atoms with Crippen LogP contribution < -0.4 is 4.74 Å². The highest BCUT2D eigenvalue weighted by Gasteiger charge is 2.02. The van der Waals surface area contributed by atoms with E-state index in [1.165, 1.54) is 11.1 Å². The Morgan fingerprint density at radius 1 is 1.18 bits per heavy atom. The van der Waals surface area contributed by atoms with Gasteiger partial charge in [0.05, 0.1) is 6.10 Å². The van der Waals surface area contributed by atoms with Crippen LogP contribution in [-0.2, 0) is 0 Å². The second-order valence-corrected chi connectivity index (χ2v) is 5.30. The minimum atomic E-state index is 0.227. The van der Waals surface area contributed by atoms with Gasteiger partial charge in [0.25, 0.3) is 0 Å². The zero-order chi connectivity index (χ0) is 12.8. The van der Waals surface area contributed by atoms with Crippen molar-refractivity contribution in [2.45, 2.75) is 33.8 Å². The number of benzene rings is 1. The molecule has 0 unspecified atom stereocenters. The lowest BCUT2D eigenvalue weighted by molar-refractivity contribution is 0.242. The van der Waals surface area contributed by atoms with Gasteiger partial charge in [-0.05, 0) is 37.5 Å². The molecule has 2 heteroatoms. The topological polar surface area (TPSA) is 9.23 Å². The van der Waals surface area contributed by atoms with Gasteiger partial charge in [0.1, 0.15) is 5.75 Å². The van der Waals surface area contributed by atoms with Gasteiger partial charge in [-0.2, -0.15) is 0 Å². The van der Waals surface area contributed by atoms with E-state index in [1.807, 2.05) is 26.0 Å². The summed E-state index contributed by atoms with van der Waals surface area (Å²) >= 11 is 3.53. The Balaban J connectivity index is 2.80. The molecule has 0 heterocycles. The average Bonchev–Trinajstić information content (AvgIpc) is 2.26. The second kappa shape index (κ2) is 6.85. The molecule has 17 heavy (non-hydrogen) atoms. The lowest BCUT2D eigenvalue weighted by Crippen LogP contribution is -2.05. The summed E-state index contributed by atoms with van der Waals surface area (Å²) in [5.41, 5.74) is 2.63. The number of rotatable bonds is 5. The molecule has 0 aliphatic carbocycles. The smallest absolute Gasteiger partial charge is 0.119 e. The molecule has 0 aromatic heterocycles. The van der Waals surface area contributed by atoms with Crippen LogP contribution in [0.4, 0.5) is 0 Å². The van der Waals surface area contributed by atoms with Crippen molar-refractivity contribution >= 4 is 22.0 Å². The van der Waals surface area contributed by atoms with Crippen LogP contribution in [-0.4, -0.2) is 11.4 Å². The van der Waals surface area contributed by atoms with Gasteiger partial charge < -0.3 is 4.74 Å². The van der Waals surface area contributed by atoms with Crippen LogP contribution in [0.25, 0.3) is 6.08 Å². The van der Waals surface area contributed by atoms with E-state index in [-0.39, 0.29) is 6.10 Å². The Labute approximate surface area is 113 Å². The van der Waals surface area contributed by atoms with Crippen LogP contribution in [0.2, 0.25) is 0 Å². The number of allylic oxidation sites excluding steroid dienone is 1. The van der Waals surface area contributed by atoms with Gasteiger partial charge in [-0.1, -0.05) is 53.6 Å². The molecule has 1 nitrogen and oxygen atoms in total. The summed E-state index contributed by atoms with van der Waals surface area (Å²) in [7, 11) is 0. The predicted molar refractivity (Wildman–Crippen MR) is 78.8 cm³/mol. The van der Waals surface area contributed by atoms with Crippen molar-refractivity contribution in [3.05, 3.63) is 35.4 Å². The van der Waals surface area contributed by atoms with Crippen molar-refractivity contribution in [2.75, 3.05) is 5.33 Å². The van der Waals surface area contributed by atoms with Crippen molar-refractivity contribution in [3.8, 4) is 5.75 Å². The van der Waals surface area contributed by atoms with Crippen molar-refractivity contribution in [1.82, 2.24) is 0 Å². The molecule has 0 saturated carbocycles. The largest absolute Gasteiger partial charge is 0.491 e. The Kier molecular flexibility index (Phi) is 5.76. The lowest BCUT2D eigenvalue weighted by atomic mass is 10.0. The zero-order valence-electron chi connectivity index (χ0n) is 11.0. The third kappa shape index (κ3) is 4.95. The lowest BCUT2D eigenvalue weighted by Gasteiger charge is -2.10. The summed E-state index contributed by atoms with van der Waals surface area (Å²) in [5, 5.41) is 0.926. The van der Waals surface area contributed by atoms with E-state index in [2.05, 4.69) is 48.0 Å². The summed E-state index contributed by atoms with van der Waals surface area (Å²) in [4.78, 5) is 0. The molecule has 0 aliphatic heterocycles. The van der Waals surface area contributed by atoms with E-state index >= 15 is 0 Å². The molecule has 94 valence electrons.